The van der Waals surface area contributed by atoms with Gasteiger partial charge < -0.3 is 0 Å². The second kappa shape index (κ2) is 10.7. The van der Waals surface area contributed by atoms with Gasteiger partial charge in [-0.2, -0.15) is 0 Å². The Labute approximate surface area is 136 Å². The predicted octanol–water partition coefficient (Wildman–Crippen LogP) is 5.21. The van der Waals surface area contributed by atoms with E-state index in [9.17, 15) is 0 Å². The molecule has 0 aliphatic carbocycles. The van der Waals surface area contributed by atoms with E-state index >= 15 is 0 Å². The van der Waals surface area contributed by atoms with E-state index in [1.165, 1.54) is 0 Å². The normalized spacial score (nSPS) is 17.1. The molecule has 3 atom stereocenters. The molecule has 0 aliphatic rings. The first kappa shape index (κ1) is 18.9. The standard InChI is InChI=1S/C5H11O.C2H3Br2.C2H3Cl2.BrH.Hg/c1-3-5-6-4-2;2*3-1-2-4;;/h1,3-5H2,2H3;2*1H,2H2;1H;/q;;;;+1/p-1. The molecule has 0 bridgehead atoms. The number of hydrogen-bond acceptors (Lipinski definition) is 1. The second-order valence-electron chi connectivity index (χ2n) is 4.22. The molecule has 0 heterocycles. The summed E-state index contributed by atoms with van der Waals surface area (Å²) in [4.78, 5) is 0. The summed E-state index contributed by atoms with van der Waals surface area (Å²) in [6, 6.07) is 0. The second-order valence-corrected chi connectivity index (χ2v) is 52.7. The number of halogens is 5. The van der Waals surface area contributed by atoms with Crippen molar-refractivity contribution in [1.82, 2.24) is 0 Å². The molecule has 0 fully saturated rings. The minimum atomic E-state index is -2.87. The fourth-order valence-corrected chi connectivity index (χ4v) is 51.7. The molecule has 7 heteroatoms. The molecule has 0 N–H and O–H groups in total. The van der Waals surface area contributed by atoms with E-state index in [-0.39, 0.29) is 2.89 Å². The first-order valence-electron chi connectivity index (χ1n) is 5.66. The zero-order valence-electron chi connectivity index (χ0n) is 9.40. The summed E-state index contributed by atoms with van der Waals surface area (Å²) >= 11 is 20.7. The van der Waals surface area contributed by atoms with Gasteiger partial charge in [-0.25, -0.2) is 0 Å². The zero-order valence-corrected chi connectivity index (χ0v) is 21.2. The summed E-state index contributed by atoms with van der Waals surface area (Å²) in [7, 11) is 0. The van der Waals surface area contributed by atoms with Crippen LogP contribution in [-0.4, -0.2) is 29.6 Å². The molecule has 0 spiro atoms. The van der Waals surface area contributed by atoms with Crippen molar-refractivity contribution in [3.05, 3.63) is 0 Å². The summed E-state index contributed by atoms with van der Waals surface area (Å²) in [6.07, 6.45) is 1.07. The quantitative estimate of drug-likeness (QED) is 0.189. The zero-order chi connectivity index (χ0) is 12.6. The maximum atomic E-state index is 6.39. The minimum absolute atomic E-state index is 0.123. The molecule has 0 aromatic heterocycles. The number of rotatable bonds is 9. The fraction of sp³-hybridized carbons (Fsp3) is 1.00. The van der Waals surface area contributed by atoms with E-state index in [1.807, 2.05) is 6.92 Å². The molecule has 0 amide bonds. The Bertz CT molecular complexity index is 178. The molecule has 3 unspecified atom stereocenters. The third kappa shape index (κ3) is 6.38. The Balaban J connectivity index is 4.30. The SMILES string of the molecule is CCOCC[CH2][Hg]([Br])([CH](Cl)CCl)[CH](Br)CBr. The van der Waals surface area contributed by atoms with Crippen LogP contribution in [0.5, 0.6) is 0 Å². The van der Waals surface area contributed by atoms with Crippen LogP contribution in [0.3, 0.4) is 0 Å². The van der Waals surface area contributed by atoms with E-state index in [4.69, 9.17) is 27.9 Å². The fourth-order valence-electron chi connectivity index (χ4n) is 1.81. The molecule has 0 aromatic rings. The maximum absolute atomic E-state index is 6.39. The molecule has 0 saturated heterocycles. The summed E-state index contributed by atoms with van der Waals surface area (Å²) in [5.74, 6) is 0.532. The van der Waals surface area contributed by atoms with Crippen LogP contribution in [0, 0.1) is 0 Å². The van der Waals surface area contributed by atoms with Crippen LogP contribution in [0.1, 0.15) is 13.3 Å². The van der Waals surface area contributed by atoms with Crippen LogP contribution >= 0.6 is 67.0 Å². The average molecular weight is 652 g/mol. The number of hydrogen-bond donors (Lipinski definition) is 0. The molecule has 0 aliphatic heterocycles. The van der Waals surface area contributed by atoms with E-state index < -0.39 is 19.1 Å². The van der Waals surface area contributed by atoms with Crippen molar-refractivity contribution < 1.29 is 23.8 Å². The van der Waals surface area contributed by atoms with Gasteiger partial charge in [0, 0.05) is 0 Å². The van der Waals surface area contributed by atoms with Gasteiger partial charge in [-0.1, -0.05) is 0 Å². The first-order chi connectivity index (χ1) is 7.52. The van der Waals surface area contributed by atoms with Crippen LogP contribution in [0.25, 0.3) is 0 Å². The van der Waals surface area contributed by atoms with E-state index in [1.54, 1.807) is 0 Å². The van der Waals surface area contributed by atoms with Gasteiger partial charge >= 0.3 is 138 Å². The summed E-state index contributed by atoms with van der Waals surface area (Å²) < 4.78 is 7.13. The van der Waals surface area contributed by atoms with Gasteiger partial charge in [0.2, 0.25) is 0 Å². The average Bonchev–Trinajstić information content (AvgIpc) is 2.32. The van der Waals surface area contributed by atoms with Crippen LogP contribution in [0.15, 0.2) is 0 Å². The molecular formula is C9H17Br3Cl2HgO. The van der Waals surface area contributed by atoms with E-state index in [0.717, 1.165) is 28.9 Å². The molecule has 96 valence electrons. The Morgan fingerprint density at radius 2 is 2.06 bits per heavy atom. The van der Waals surface area contributed by atoms with Crippen molar-refractivity contribution >= 4 is 67.0 Å². The molecule has 0 aromatic carbocycles. The van der Waals surface area contributed by atoms with Crippen LogP contribution in [-0.2, 0) is 23.8 Å². The summed E-state index contributed by atoms with van der Waals surface area (Å²) in [6.45, 7) is 3.62. The molecule has 0 saturated carbocycles. The van der Waals surface area contributed by atoms with Crippen molar-refractivity contribution in [3.63, 3.8) is 0 Å². The van der Waals surface area contributed by atoms with Gasteiger partial charge in [0.05, 0.1) is 0 Å². The Hall–Kier alpha value is 2.92. The van der Waals surface area contributed by atoms with E-state index in [0.29, 0.717) is 8.22 Å². The summed E-state index contributed by atoms with van der Waals surface area (Å²) in [5, 5.41) is 0.931. The van der Waals surface area contributed by atoms with Crippen molar-refractivity contribution in [1.29, 1.82) is 0 Å². The van der Waals surface area contributed by atoms with Gasteiger partial charge in [0.1, 0.15) is 0 Å². The topological polar surface area (TPSA) is 9.23 Å². The van der Waals surface area contributed by atoms with Crippen LogP contribution < -0.4 is 0 Å². The first-order valence-corrected chi connectivity index (χ1v) is 30.8. The van der Waals surface area contributed by atoms with Gasteiger partial charge in [-0.3, -0.25) is 0 Å². The van der Waals surface area contributed by atoms with Crippen LogP contribution in [0.2, 0.25) is 3.93 Å². The van der Waals surface area contributed by atoms with Gasteiger partial charge in [0.15, 0.2) is 0 Å². The van der Waals surface area contributed by atoms with Gasteiger partial charge in [0.25, 0.3) is 0 Å². The van der Waals surface area contributed by atoms with Gasteiger partial charge in [-0.15, -0.1) is 0 Å². The summed E-state index contributed by atoms with van der Waals surface area (Å²) in [5.41, 5.74) is 0. The molecule has 0 rings (SSSR count). The number of ether oxygens (including phenoxy) is 1. The Morgan fingerprint density at radius 3 is 2.50 bits per heavy atom. The van der Waals surface area contributed by atoms with Crippen molar-refractivity contribution in [2.75, 3.05) is 24.4 Å². The van der Waals surface area contributed by atoms with Crippen molar-refractivity contribution in [2.45, 2.75) is 22.5 Å². The molecule has 0 radical (unpaired) electrons. The van der Waals surface area contributed by atoms with Gasteiger partial charge in [-0.05, 0) is 0 Å². The third-order valence-corrected chi connectivity index (χ3v) is 74.8. The van der Waals surface area contributed by atoms with Crippen molar-refractivity contribution in [2.24, 2.45) is 0 Å². The molecular weight excluding hydrogens is 635 g/mol. The van der Waals surface area contributed by atoms with Crippen molar-refractivity contribution in [3.8, 4) is 0 Å². The molecule has 1 nitrogen and oxygen atoms in total. The monoisotopic (exact) mass is 650 g/mol. The Kier molecular flexibility index (Phi) is 12.6. The Morgan fingerprint density at radius 1 is 1.44 bits per heavy atom. The number of alkyl halides is 4. The third-order valence-electron chi connectivity index (χ3n) is 3.09. The molecule has 16 heavy (non-hydrogen) atoms. The van der Waals surface area contributed by atoms with E-state index in [2.05, 4.69) is 43.8 Å². The van der Waals surface area contributed by atoms with Crippen LogP contribution in [0.4, 0.5) is 0 Å². The predicted molar refractivity (Wildman–Crippen MR) is 81.7 cm³/mol.